The normalized spacial score (nSPS) is 13.6. The van der Waals surface area contributed by atoms with Gasteiger partial charge in [-0.15, -0.1) is 0 Å². The van der Waals surface area contributed by atoms with E-state index in [1.165, 1.54) is 0 Å². The topological polar surface area (TPSA) is 50.4 Å². The summed E-state index contributed by atoms with van der Waals surface area (Å²) in [5.41, 5.74) is 0. The van der Waals surface area contributed by atoms with Crippen LogP contribution in [0.3, 0.4) is 0 Å². The first-order valence-corrected chi connectivity index (χ1v) is 4.89. The van der Waals surface area contributed by atoms with Crippen molar-refractivity contribution in [1.82, 2.24) is 10.6 Å². The van der Waals surface area contributed by atoms with Crippen molar-refractivity contribution in [2.24, 2.45) is 0 Å². The molecule has 4 nitrogen and oxygen atoms in total. The molecule has 0 unspecified atom stereocenters. The zero-order valence-electron chi connectivity index (χ0n) is 9.31. The summed E-state index contributed by atoms with van der Waals surface area (Å²) in [4.78, 5) is 10.5. The molecule has 0 aromatic rings. The molecule has 2 N–H and O–H groups in total. The summed E-state index contributed by atoms with van der Waals surface area (Å²) in [5.74, 6) is 0. The molecule has 4 heteroatoms. The van der Waals surface area contributed by atoms with Crippen LogP contribution in [0.1, 0.15) is 27.7 Å². The van der Waals surface area contributed by atoms with Crippen molar-refractivity contribution in [1.29, 1.82) is 0 Å². The van der Waals surface area contributed by atoms with Gasteiger partial charge < -0.3 is 15.4 Å². The summed E-state index contributed by atoms with van der Waals surface area (Å²) in [6.45, 7) is 9.29. The van der Waals surface area contributed by atoms with Gasteiger partial charge in [-0.05, 0) is 0 Å². The van der Waals surface area contributed by atoms with Gasteiger partial charge in [-0.25, -0.2) is 4.79 Å². The maximum absolute atomic E-state index is 10.5. The van der Waals surface area contributed by atoms with Gasteiger partial charge in [0.25, 0.3) is 0 Å². The van der Waals surface area contributed by atoms with Crippen LogP contribution in [0.2, 0.25) is 0 Å². The highest BCUT2D eigenvalue weighted by atomic mass is 16.5. The monoisotopic (exact) mass is 190 g/mol. The first kappa shape index (κ1) is 14.7. The number of urea groups is 1. The zero-order chi connectivity index (χ0) is 10.7. The molecule has 0 saturated carbocycles. The summed E-state index contributed by atoms with van der Waals surface area (Å²) in [5, 5.41) is 5.15. The van der Waals surface area contributed by atoms with Crippen LogP contribution >= 0.6 is 0 Å². The first-order chi connectivity index (χ1) is 6.33. The van der Waals surface area contributed by atoms with Gasteiger partial charge in [0.15, 0.2) is 0 Å². The molecular weight excluding hydrogens is 168 g/mol. The van der Waals surface area contributed by atoms with Gasteiger partial charge in [0.2, 0.25) is 0 Å². The van der Waals surface area contributed by atoms with Crippen LogP contribution in [-0.4, -0.2) is 32.3 Å². The molecular formula is C9H22N2O2. The van der Waals surface area contributed by atoms with Gasteiger partial charge in [0.1, 0.15) is 0 Å². The molecule has 0 aromatic heterocycles. The summed E-state index contributed by atoms with van der Waals surface area (Å²) >= 11 is 0. The lowest BCUT2D eigenvalue weighted by molar-refractivity contribution is 0.000103. The highest BCUT2D eigenvalue weighted by molar-refractivity contribution is 5.73. The number of nitrogens with one attached hydrogen (secondary N) is 2. The van der Waals surface area contributed by atoms with E-state index in [1.807, 2.05) is 27.7 Å². The molecule has 1 aliphatic heterocycles. The lowest BCUT2D eigenvalue weighted by atomic mass is 10.3. The van der Waals surface area contributed by atoms with E-state index < -0.39 is 0 Å². The largest absolute Gasteiger partial charge is 0.377 e. The predicted molar refractivity (Wildman–Crippen MR) is 54.9 cm³/mol. The smallest absolute Gasteiger partial charge is 0.314 e. The zero-order valence-corrected chi connectivity index (χ0v) is 9.31. The molecule has 1 fully saturated rings. The highest BCUT2D eigenvalue weighted by Crippen LogP contribution is 1.97. The molecule has 0 atom stereocenters. The number of rotatable bonds is 1. The number of carbonyl (C=O) groups is 1. The molecule has 0 aliphatic carbocycles. The Morgan fingerprint density at radius 3 is 1.92 bits per heavy atom. The SMILES string of the molecule is CC.CC.CNC(=O)NC1COC1. The Bertz CT molecular complexity index is 114. The van der Waals surface area contributed by atoms with E-state index in [2.05, 4.69) is 10.6 Å². The van der Waals surface area contributed by atoms with Crippen LogP contribution in [0.15, 0.2) is 0 Å². The summed E-state index contributed by atoms with van der Waals surface area (Å²) < 4.78 is 4.84. The number of carbonyl (C=O) groups excluding carboxylic acids is 1. The molecule has 0 aromatic carbocycles. The van der Waals surface area contributed by atoms with Crippen molar-refractivity contribution < 1.29 is 9.53 Å². The molecule has 0 radical (unpaired) electrons. The number of amides is 2. The van der Waals surface area contributed by atoms with Gasteiger partial charge in [-0.3, -0.25) is 0 Å². The molecule has 1 heterocycles. The minimum Gasteiger partial charge on any atom is -0.377 e. The highest BCUT2D eigenvalue weighted by Gasteiger charge is 2.19. The second-order valence-electron chi connectivity index (χ2n) is 1.96. The minimum absolute atomic E-state index is 0.136. The van der Waals surface area contributed by atoms with E-state index in [0.717, 1.165) is 0 Å². The Morgan fingerprint density at radius 2 is 1.69 bits per heavy atom. The molecule has 0 bridgehead atoms. The van der Waals surface area contributed by atoms with Crippen molar-refractivity contribution in [2.45, 2.75) is 33.7 Å². The molecule has 80 valence electrons. The molecule has 0 spiro atoms. The Kier molecular flexibility index (Phi) is 12.7. The van der Waals surface area contributed by atoms with E-state index in [9.17, 15) is 4.79 Å². The van der Waals surface area contributed by atoms with Crippen LogP contribution in [0.5, 0.6) is 0 Å². The first-order valence-electron chi connectivity index (χ1n) is 4.89. The Hall–Kier alpha value is -0.770. The molecule has 1 saturated heterocycles. The summed E-state index contributed by atoms with van der Waals surface area (Å²) in [6.07, 6.45) is 0. The molecule has 2 amide bonds. The second kappa shape index (κ2) is 11.2. The van der Waals surface area contributed by atoms with E-state index in [1.54, 1.807) is 7.05 Å². The molecule has 13 heavy (non-hydrogen) atoms. The van der Waals surface area contributed by atoms with E-state index in [4.69, 9.17) is 4.74 Å². The third-order valence-corrected chi connectivity index (χ3v) is 1.20. The van der Waals surface area contributed by atoms with Gasteiger partial charge in [0, 0.05) is 7.05 Å². The average molecular weight is 190 g/mol. The number of ether oxygens (including phenoxy) is 1. The Balaban J connectivity index is 0. The standard InChI is InChI=1S/C5H10N2O2.2C2H6/c1-6-5(8)7-4-2-9-3-4;2*1-2/h4H,2-3H2,1H3,(H2,6,7,8);2*1-2H3. The Labute approximate surface area is 81.0 Å². The van der Waals surface area contributed by atoms with Crippen LogP contribution in [0, 0.1) is 0 Å². The lowest BCUT2D eigenvalue weighted by Crippen LogP contribution is -2.51. The van der Waals surface area contributed by atoms with Gasteiger partial charge in [0.05, 0.1) is 19.3 Å². The van der Waals surface area contributed by atoms with Crippen molar-refractivity contribution in [3.63, 3.8) is 0 Å². The van der Waals surface area contributed by atoms with E-state index in [-0.39, 0.29) is 12.1 Å². The third kappa shape index (κ3) is 7.59. The van der Waals surface area contributed by atoms with Crippen LogP contribution in [0.4, 0.5) is 4.79 Å². The van der Waals surface area contributed by atoms with E-state index >= 15 is 0 Å². The average Bonchev–Trinajstić information content (AvgIpc) is 2.17. The number of hydrogen-bond donors (Lipinski definition) is 2. The summed E-state index contributed by atoms with van der Waals surface area (Å²) in [6, 6.07) is 0.0910. The van der Waals surface area contributed by atoms with Gasteiger partial charge >= 0.3 is 6.03 Å². The predicted octanol–water partition coefficient (Wildman–Crippen LogP) is 1.37. The van der Waals surface area contributed by atoms with Crippen molar-refractivity contribution in [3.05, 3.63) is 0 Å². The molecule has 1 rings (SSSR count). The maximum Gasteiger partial charge on any atom is 0.314 e. The summed E-state index contributed by atoms with van der Waals surface area (Å²) in [7, 11) is 1.59. The van der Waals surface area contributed by atoms with Crippen LogP contribution in [0.25, 0.3) is 0 Å². The quantitative estimate of drug-likeness (QED) is 0.656. The maximum atomic E-state index is 10.5. The van der Waals surface area contributed by atoms with E-state index in [0.29, 0.717) is 13.2 Å². The lowest BCUT2D eigenvalue weighted by Gasteiger charge is -2.26. The fourth-order valence-electron chi connectivity index (χ4n) is 0.577. The fraction of sp³-hybridized carbons (Fsp3) is 0.889. The minimum atomic E-state index is -0.136. The van der Waals surface area contributed by atoms with Gasteiger partial charge in [-0.2, -0.15) is 0 Å². The van der Waals surface area contributed by atoms with Crippen LogP contribution in [-0.2, 0) is 4.74 Å². The van der Waals surface area contributed by atoms with Crippen LogP contribution < -0.4 is 10.6 Å². The molecule has 1 aliphatic rings. The fourth-order valence-corrected chi connectivity index (χ4v) is 0.577. The number of hydrogen-bond acceptors (Lipinski definition) is 2. The van der Waals surface area contributed by atoms with Crippen molar-refractivity contribution >= 4 is 6.03 Å². The Morgan fingerprint density at radius 1 is 1.23 bits per heavy atom. The van der Waals surface area contributed by atoms with Crippen molar-refractivity contribution in [2.75, 3.05) is 20.3 Å². The van der Waals surface area contributed by atoms with Gasteiger partial charge in [-0.1, -0.05) is 27.7 Å². The van der Waals surface area contributed by atoms with Crippen molar-refractivity contribution in [3.8, 4) is 0 Å². The third-order valence-electron chi connectivity index (χ3n) is 1.20. The second-order valence-corrected chi connectivity index (χ2v) is 1.96.